The molecular weight excluding hydrogens is 434 g/mol. The molecule has 0 spiro atoms. The molecule has 200 valence electrons. The van der Waals surface area contributed by atoms with Gasteiger partial charge in [-0.05, 0) is 55.8 Å². The first-order valence-electron chi connectivity index (χ1n) is 14.3. The van der Waals surface area contributed by atoms with Crippen molar-refractivity contribution in [1.29, 1.82) is 0 Å². The van der Waals surface area contributed by atoms with Gasteiger partial charge in [0, 0.05) is 19.4 Å². The van der Waals surface area contributed by atoms with Gasteiger partial charge in [0.1, 0.15) is 6.61 Å². The SMILES string of the molecule is C=C(CCCCC)OCc1cc(CCCCCCCCCOC(=O)CCCCC)cc(CNC)c1. The Hall–Kier alpha value is -1.81. The maximum Gasteiger partial charge on any atom is 0.305 e. The summed E-state index contributed by atoms with van der Waals surface area (Å²) in [5, 5.41) is 3.27. The summed E-state index contributed by atoms with van der Waals surface area (Å²) in [5.41, 5.74) is 3.98. The minimum absolute atomic E-state index is 0.0242. The highest BCUT2D eigenvalue weighted by atomic mass is 16.5. The second-order valence-electron chi connectivity index (χ2n) is 9.87. The lowest BCUT2D eigenvalue weighted by atomic mass is 10.00. The van der Waals surface area contributed by atoms with Crippen LogP contribution in [0.5, 0.6) is 0 Å². The van der Waals surface area contributed by atoms with Gasteiger partial charge >= 0.3 is 5.97 Å². The van der Waals surface area contributed by atoms with Crippen LogP contribution in [0.15, 0.2) is 30.5 Å². The van der Waals surface area contributed by atoms with Crippen molar-refractivity contribution in [1.82, 2.24) is 5.32 Å². The maximum atomic E-state index is 11.6. The summed E-state index contributed by atoms with van der Waals surface area (Å²) in [6, 6.07) is 6.89. The van der Waals surface area contributed by atoms with Gasteiger partial charge in [0.05, 0.1) is 12.4 Å². The first kappa shape index (κ1) is 31.2. The number of hydrogen-bond donors (Lipinski definition) is 1. The molecule has 1 aromatic rings. The number of benzene rings is 1. The minimum atomic E-state index is -0.0242. The monoisotopic (exact) mass is 487 g/mol. The number of allylic oxidation sites excluding steroid dienone is 1. The molecule has 1 aromatic carbocycles. The van der Waals surface area contributed by atoms with E-state index < -0.39 is 0 Å². The van der Waals surface area contributed by atoms with Gasteiger partial charge in [-0.15, -0.1) is 0 Å². The Balaban J connectivity index is 2.21. The lowest BCUT2D eigenvalue weighted by molar-refractivity contribution is -0.143. The summed E-state index contributed by atoms with van der Waals surface area (Å²) >= 11 is 0. The Morgan fingerprint density at radius 2 is 1.34 bits per heavy atom. The van der Waals surface area contributed by atoms with Gasteiger partial charge in [0.2, 0.25) is 0 Å². The predicted octanol–water partition coefficient (Wildman–Crippen LogP) is 8.41. The van der Waals surface area contributed by atoms with Gasteiger partial charge in [0.15, 0.2) is 0 Å². The summed E-state index contributed by atoms with van der Waals surface area (Å²) in [4.78, 5) is 11.6. The molecule has 0 fully saturated rings. The average molecular weight is 488 g/mol. The highest BCUT2D eigenvalue weighted by Crippen LogP contribution is 2.18. The molecule has 0 heterocycles. The van der Waals surface area contributed by atoms with Crippen LogP contribution in [0.1, 0.15) is 127 Å². The van der Waals surface area contributed by atoms with Crippen molar-refractivity contribution in [3.8, 4) is 0 Å². The highest BCUT2D eigenvalue weighted by Gasteiger charge is 2.05. The molecule has 0 atom stereocenters. The Labute approximate surface area is 216 Å². The molecule has 0 amide bonds. The standard InChI is InChI=1S/C31H53NO3/c1-5-7-14-18-27(3)35-26-30-23-28(22-29(24-30)25-32-4)19-16-12-10-9-11-13-17-21-34-31(33)20-15-8-6-2/h22-24,32H,3,5-21,25-26H2,1-2,4H3. The van der Waals surface area contributed by atoms with Crippen LogP contribution in [0.4, 0.5) is 0 Å². The van der Waals surface area contributed by atoms with E-state index in [1.165, 1.54) is 61.6 Å². The first-order valence-corrected chi connectivity index (χ1v) is 14.3. The number of rotatable bonds is 23. The molecule has 0 saturated carbocycles. The zero-order chi connectivity index (χ0) is 25.6. The highest BCUT2D eigenvalue weighted by molar-refractivity contribution is 5.69. The van der Waals surface area contributed by atoms with E-state index in [9.17, 15) is 4.79 Å². The van der Waals surface area contributed by atoms with Crippen LogP contribution < -0.4 is 5.32 Å². The van der Waals surface area contributed by atoms with Crippen molar-refractivity contribution in [3.63, 3.8) is 0 Å². The van der Waals surface area contributed by atoms with Gasteiger partial charge in [-0.3, -0.25) is 4.79 Å². The number of unbranched alkanes of at least 4 members (excludes halogenated alkanes) is 10. The van der Waals surface area contributed by atoms with Crippen molar-refractivity contribution >= 4 is 5.97 Å². The molecule has 0 aliphatic heterocycles. The molecular formula is C31H53NO3. The third kappa shape index (κ3) is 17.3. The molecule has 0 radical (unpaired) electrons. The summed E-state index contributed by atoms with van der Waals surface area (Å²) in [7, 11) is 2.00. The van der Waals surface area contributed by atoms with Crippen LogP contribution >= 0.6 is 0 Å². The normalized spacial score (nSPS) is 10.9. The van der Waals surface area contributed by atoms with E-state index in [4.69, 9.17) is 9.47 Å². The lowest BCUT2D eigenvalue weighted by Gasteiger charge is -2.13. The van der Waals surface area contributed by atoms with Gasteiger partial charge < -0.3 is 14.8 Å². The fourth-order valence-electron chi connectivity index (χ4n) is 4.30. The third-order valence-corrected chi connectivity index (χ3v) is 6.35. The maximum absolute atomic E-state index is 11.6. The number of hydrogen-bond acceptors (Lipinski definition) is 4. The topological polar surface area (TPSA) is 47.6 Å². The Morgan fingerprint density at radius 3 is 2.03 bits per heavy atom. The number of nitrogens with one attached hydrogen (secondary N) is 1. The molecule has 0 aromatic heterocycles. The zero-order valence-electron chi connectivity index (χ0n) is 23.1. The van der Waals surface area contributed by atoms with Gasteiger partial charge in [-0.25, -0.2) is 0 Å². The quantitative estimate of drug-likeness (QED) is 0.0956. The fourth-order valence-corrected chi connectivity index (χ4v) is 4.30. The molecule has 0 aliphatic rings. The predicted molar refractivity (Wildman–Crippen MR) is 148 cm³/mol. The van der Waals surface area contributed by atoms with E-state index in [1.807, 2.05) is 7.05 Å². The number of esters is 1. The zero-order valence-corrected chi connectivity index (χ0v) is 23.1. The summed E-state index contributed by atoms with van der Waals surface area (Å²) in [6.45, 7) is 10.5. The molecule has 0 unspecified atom stereocenters. The van der Waals surface area contributed by atoms with E-state index in [0.29, 0.717) is 19.6 Å². The van der Waals surface area contributed by atoms with Crippen molar-refractivity contribution in [3.05, 3.63) is 47.2 Å². The fraction of sp³-hybridized carbons (Fsp3) is 0.710. The van der Waals surface area contributed by atoms with Crippen LogP contribution in [0.25, 0.3) is 0 Å². The molecule has 35 heavy (non-hydrogen) atoms. The Bertz CT molecular complexity index is 686. The molecule has 4 heteroatoms. The second-order valence-corrected chi connectivity index (χ2v) is 9.87. The van der Waals surface area contributed by atoms with Gasteiger partial charge in [-0.1, -0.05) is 96.4 Å². The second kappa shape index (κ2) is 21.5. The molecule has 0 aliphatic carbocycles. The summed E-state index contributed by atoms with van der Waals surface area (Å²) < 4.78 is 11.3. The van der Waals surface area contributed by atoms with Crippen molar-refractivity contribution in [2.45, 2.75) is 130 Å². The Kier molecular flexibility index (Phi) is 19.2. The van der Waals surface area contributed by atoms with E-state index in [1.54, 1.807) is 0 Å². The van der Waals surface area contributed by atoms with Crippen LogP contribution in [-0.2, 0) is 33.8 Å². The van der Waals surface area contributed by atoms with E-state index in [-0.39, 0.29) is 5.97 Å². The Morgan fingerprint density at radius 1 is 0.743 bits per heavy atom. The van der Waals surface area contributed by atoms with Crippen LogP contribution in [0, 0.1) is 0 Å². The van der Waals surface area contributed by atoms with Crippen molar-refractivity contribution in [2.75, 3.05) is 13.7 Å². The minimum Gasteiger partial charge on any atom is -0.494 e. The molecule has 1 N–H and O–H groups in total. The lowest BCUT2D eigenvalue weighted by Crippen LogP contribution is -2.06. The van der Waals surface area contributed by atoms with Crippen molar-refractivity contribution in [2.24, 2.45) is 0 Å². The van der Waals surface area contributed by atoms with Crippen LogP contribution in [0.2, 0.25) is 0 Å². The number of aryl methyl sites for hydroxylation is 1. The average Bonchev–Trinajstić information content (AvgIpc) is 2.84. The summed E-state index contributed by atoms with van der Waals surface area (Å²) in [6.07, 6.45) is 17.9. The third-order valence-electron chi connectivity index (χ3n) is 6.35. The van der Waals surface area contributed by atoms with Crippen LogP contribution in [0.3, 0.4) is 0 Å². The van der Waals surface area contributed by atoms with E-state index in [0.717, 1.165) is 63.7 Å². The van der Waals surface area contributed by atoms with Crippen molar-refractivity contribution < 1.29 is 14.3 Å². The number of ether oxygens (including phenoxy) is 2. The van der Waals surface area contributed by atoms with Gasteiger partial charge in [-0.2, -0.15) is 0 Å². The molecule has 0 saturated heterocycles. The van der Waals surface area contributed by atoms with Crippen LogP contribution in [-0.4, -0.2) is 19.6 Å². The number of carbonyl (C=O) groups excluding carboxylic acids is 1. The molecule has 0 bridgehead atoms. The smallest absolute Gasteiger partial charge is 0.305 e. The summed E-state index contributed by atoms with van der Waals surface area (Å²) in [5.74, 6) is 0.882. The van der Waals surface area contributed by atoms with E-state index in [2.05, 4.69) is 43.9 Å². The van der Waals surface area contributed by atoms with E-state index >= 15 is 0 Å². The number of carbonyl (C=O) groups is 1. The first-order chi connectivity index (χ1) is 17.1. The molecule has 1 rings (SSSR count). The molecule has 4 nitrogen and oxygen atoms in total. The largest absolute Gasteiger partial charge is 0.494 e. The van der Waals surface area contributed by atoms with Gasteiger partial charge in [0.25, 0.3) is 0 Å².